The number of amides is 1. The van der Waals surface area contributed by atoms with Crippen LogP contribution in [0.3, 0.4) is 0 Å². The molecular formula is C15H9ClIN3O2. The maximum atomic E-state index is 12.1. The number of benzene rings is 2. The lowest BCUT2D eigenvalue weighted by molar-refractivity contribution is 0.102. The molecule has 2 aromatic carbocycles. The van der Waals surface area contributed by atoms with Crippen LogP contribution in [0.25, 0.3) is 11.5 Å². The fourth-order valence-electron chi connectivity index (χ4n) is 1.78. The van der Waals surface area contributed by atoms with Gasteiger partial charge in [-0.25, -0.2) is 0 Å². The van der Waals surface area contributed by atoms with E-state index in [4.69, 9.17) is 16.0 Å². The van der Waals surface area contributed by atoms with E-state index >= 15 is 0 Å². The van der Waals surface area contributed by atoms with Crippen molar-refractivity contribution in [2.24, 2.45) is 0 Å². The number of hydrogen-bond donors (Lipinski definition) is 1. The van der Waals surface area contributed by atoms with Crippen LogP contribution in [-0.2, 0) is 0 Å². The Kier molecular flexibility index (Phi) is 4.39. The molecule has 0 aliphatic heterocycles. The maximum Gasteiger partial charge on any atom is 0.322 e. The lowest BCUT2D eigenvalue weighted by Crippen LogP contribution is -2.11. The molecule has 1 aromatic heterocycles. The first kappa shape index (κ1) is 15.0. The van der Waals surface area contributed by atoms with Gasteiger partial charge in [0.2, 0.25) is 5.89 Å². The van der Waals surface area contributed by atoms with Gasteiger partial charge in [0.1, 0.15) is 0 Å². The zero-order valence-corrected chi connectivity index (χ0v) is 14.0. The number of carbonyl (C=O) groups excluding carboxylic acids is 1. The third kappa shape index (κ3) is 3.45. The molecule has 7 heteroatoms. The first-order valence-corrected chi connectivity index (χ1v) is 7.74. The molecule has 5 nitrogen and oxygen atoms in total. The predicted octanol–water partition coefficient (Wildman–Crippen LogP) is 4.25. The molecule has 0 aliphatic rings. The van der Waals surface area contributed by atoms with E-state index in [9.17, 15) is 4.79 Å². The predicted molar refractivity (Wildman–Crippen MR) is 91.9 cm³/mol. The van der Waals surface area contributed by atoms with Crippen LogP contribution in [0.1, 0.15) is 10.4 Å². The Hall–Kier alpha value is -1.93. The zero-order valence-electron chi connectivity index (χ0n) is 11.1. The lowest BCUT2D eigenvalue weighted by atomic mass is 10.2. The molecule has 0 bridgehead atoms. The fourth-order valence-corrected chi connectivity index (χ4v) is 2.33. The van der Waals surface area contributed by atoms with Crippen LogP contribution in [-0.4, -0.2) is 16.1 Å². The van der Waals surface area contributed by atoms with Crippen LogP contribution >= 0.6 is 34.2 Å². The first-order valence-electron chi connectivity index (χ1n) is 6.28. The molecule has 0 aliphatic carbocycles. The van der Waals surface area contributed by atoms with Gasteiger partial charge in [-0.2, -0.15) is 0 Å². The summed E-state index contributed by atoms with van der Waals surface area (Å²) in [5, 5.41) is 10.8. The number of hydrogen-bond acceptors (Lipinski definition) is 4. The second-order valence-electron chi connectivity index (χ2n) is 4.38. The average molecular weight is 426 g/mol. The highest BCUT2D eigenvalue weighted by Crippen LogP contribution is 2.23. The molecule has 0 spiro atoms. The Balaban J connectivity index is 1.77. The smallest absolute Gasteiger partial charge is 0.322 e. The van der Waals surface area contributed by atoms with Crippen LogP contribution < -0.4 is 5.32 Å². The number of nitrogens with zero attached hydrogens (tertiary/aromatic N) is 2. The second kappa shape index (κ2) is 6.45. The molecule has 0 saturated heterocycles. The van der Waals surface area contributed by atoms with Gasteiger partial charge in [-0.3, -0.25) is 10.1 Å². The topological polar surface area (TPSA) is 68.0 Å². The number of anilines is 1. The van der Waals surface area contributed by atoms with Crippen molar-refractivity contribution in [1.29, 1.82) is 0 Å². The summed E-state index contributed by atoms with van der Waals surface area (Å²) in [6, 6.07) is 14.2. The molecule has 3 rings (SSSR count). The third-order valence-corrected chi connectivity index (χ3v) is 3.78. The molecular weight excluding hydrogens is 417 g/mol. The Morgan fingerprint density at radius 1 is 1.14 bits per heavy atom. The van der Waals surface area contributed by atoms with Gasteiger partial charge in [0, 0.05) is 19.7 Å². The minimum atomic E-state index is -0.308. The normalized spacial score (nSPS) is 10.5. The van der Waals surface area contributed by atoms with Gasteiger partial charge >= 0.3 is 6.01 Å². The Labute approximate surface area is 144 Å². The summed E-state index contributed by atoms with van der Waals surface area (Å²) in [7, 11) is 0. The van der Waals surface area contributed by atoms with E-state index in [1.165, 1.54) is 0 Å². The quantitative estimate of drug-likeness (QED) is 0.637. The Morgan fingerprint density at radius 2 is 1.91 bits per heavy atom. The summed E-state index contributed by atoms with van der Waals surface area (Å²) in [5.41, 5.74) is 1.21. The minimum absolute atomic E-state index is 0.0403. The van der Waals surface area contributed by atoms with Crippen molar-refractivity contribution in [2.75, 3.05) is 5.32 Å². The van der Waals surface area contributed by atoms with Gasteiger partial charge in [-0.1, -0.05) is 22.8 Å². The summed E-state index contributed by atoms with van der Waals surface area (Å²) in [6.07, 6.45) is 0. The van der Waals surface area contributed by atoms with Gasteiger partial charge in [-0.05, 0) is 65.1 Å². The Morgan fingerprint density at radius 3 is 2.64 bits per heavy atom. The molecule has 22 heavy (non-hydrogen) atoms. The van der Waals surface area contributed by atoms with Gasteiger partial charge in [-0.15, -0.1) is 5.10 Å². The van der Waals surface area contributed by atoms with Crippen molar-refractivity contribution in [3.05, 3.63) is 62.7 Å². The zero-order chi connectivity index (χ0) is 15.5. The minimum Gasteiger partial charge on any atom is -0.403 e. The molecule has 0 radical (unpaired) electrons. The van der Waals surface area contributed by atoms with Crippen LogP contribution in [0.15, 0.2) is 52.9 Å². The molecule has 0 unspecified atom stereocenters. The molecule has 110 valence electrons. The highest BCUT2D eigenvalue weighted by molar-refractivity contribution is 14.1. The number of nitrogens with one attached hydrogen (secondary N) is 1. The molecule has 1 heterocycles. The van der Waals surface area contributed by atoms with Gasteiger partial charge < -0.3 is 4.42 Å². The van der Waals surface area contributed by atoms with E-state index < -0.39 is 0 Å². The van der Waals surface area contributed by atoms with Crippen LogP contribution in [0.4, 0.5) is 6.01 Å². The summed E-state index contributed by atoms with van der Waals surface area (Å²) in [6.45, 7) is 0. The van der Waals surface area contributed by atoms with E-state index in [1.807, 2.05) is 12.1 Å². The fraction of sp³-hybridized carbons (Fsp3) is 0. The molecule has 3 aromatic rings. The number of carbonyl (C=O) groups is 1. The van der Waals surface area contributed by atoms with Crippen molar-refractivity contribution >= 4 is 46.1 Å². The Bertz CT molecular complexity index is 818. The largest absolute Gasteiger partial charge is 0.403 e. The van der Waals surface area contributed by atoms with Gasteiger partial charge in [0.25, 0.3) is 5.91 Å². The maximum absolute atomic E-state index is 12.1. The summed E-state index contributed by atoms with van der Waals surface area (Å²) >= 11 is 8.09. The van der Waals surface area contributed by atoms with Crippen molar-refractivity contribution in [3.63, 3.8) is 0 Å². The molecule has 1 amide bonds. The molecule has 0 fully saturated rings. The molecule has 1 N–H and O–H groups in total. The summed E-state index contributed by atoms with van der Waals surface area (Å²) in [4.78, 5) is 12.1. The lowest BCUT2D eigenvalue weighted by Gasteiger charge is -2.00. The highest BCUT2D eigenvalue weighted by atomic mass is 127. The third-order valence-electron chi connectivity index (χ3n) is 2.82. The van der Waals surface area contributed by atoms with Crippen LogP contribution in [0, 0.1) is 3.57 Å². The first-order chi connectivity index (χ1) is 10.6. The van der Waals surface area contributed by atoms with Crippen molar-refractivity contribution in [2.45, 2.75) is 0 Å². The highest BCUT2D eigenvalue weighted by Gasteiger charge is 2.12. The van der Waals surface area contributed by atoms with Crippen LogP contribution in [0.2, 0.25) is 5.02 Å². The second-order valence-corrected chi connectivity index (χ2v) is 6.07. The van der Waals surface area contributed by atoms with Crippen molar-refractivity contribution < 1.29 is 9.21 Å². The van der Waals surface area contributed by atoms with Crippen LogP contribution in [0.5, 0.6) is 0 Å². The monoisotopic (exact) mass is 425 g/mol. The number of aromatic nitrogens is 2. The van der Waals surface area contributed by atoms with E-state index in [2.05, 4.69) is 38.1 Å². The summed E-state index contributed by atoms with van der Waals surface area (Å²) in [5.74, 6) is -0.0156. The van der Waals surface area contributed by atoms with Crippen molar-refractivity contribution in [3.8, 4) is 11.5 Å². The van der Waals surface area contributed by atoms with E-state index in [1.54, 1.807) is 36.4 Å². The molecule has 0 atom stereocenters. The van der Waals surface area contributed by atoms with E-state index in [0.717, 1.165) is 3.57 Å². The van der Waals surface area contributed by atoms with E-state index in [0.29, 0.717) is 22.0 Å². The van der Waals surface area contributed by atoms with E-state index in [-0.39, 0.29) is 11.9 Å². The van der Waals surface area contributed by atoms with Gasteiger partial charge in [0.05, 0.1) is 0 Å². The number of halogens is 2. The standard InChI is InChI=1S/C15H9ClIN3O2/c16-11-3-1-2-10(8-11)14-19-20-15(22-14)18-13(21)9-4-6-12(17)7-5-9/h1-8H,(H,18,20,21). The molecule has 0 saturated carbocycles. The van der Waals surface area contributed by atoms with Crippen molar-refractivity contribution in [1.82, 2.24) is 10.2 Å². The van der Waals surface area contributed by atoms with Gasteiger partial charge in [0.15, 0.2) is 0 Å². The number of rotatable bonds is 3. The average Bonchev–Trinajstić information content (AvgIpc) is 2.96. The SMILES string of the molecule is O=C(Nc1nnc(-c2cccc(Cl)c2)o1)c1ccc(I)cc1. The summed E-state index contributed by atoms with van der Waals surface area (Å²) < 4.78 is 6.48.